The summed E-state index contributed by atoms with van der Waals surface area (Å²) in [5.41, 5.74) is -0.519. The molecular weight excluding hydrogens is 192 g/mol. The van der Waals surface area contributed by atoms with Crippen molar-refractivity contribution >= 4 is 6.09 Å². The summed E-state index contributed by atoms with van der Waals surface area (Å²) in [4.78, 5) is 11.3. The molecule has 0 aliphatic carbocycles. The largest absolute Gasteiger partial charge is 0.444 e. The number of hydrogen-bond donors (Lipinski definition) is 1. The molecule has 86 valence electrons. The predicted octanol–water partition coefficient (Wildman–Crippen LogP) is 2.59. The van der Waals surface area contributed by atoms with E-state index in [0.29, 0.717) is 6.42 Å². The molecule has 0 aliphatic rings. The van der Waals surface area contributed by atoms with Crippen molar-refractivity contribution in [3.05, 3.63) is 0 Å². The van der Waals surface area contributed by atoms with E-state index in [0.717, 1.165) is 12.8 Å². The molecule has 1 amide bonds. The van der Waals surface area contributed by atoms with Gasteiger partial charge in [0, 0.05) is 0 Å². The Labute approximate surface area is 91.6 Å². The van der Waals surface area contributed by atoms with Crippen LogP contribution >= 0.6 is 0 Å². The lowest BCUT2D eigenvalue weighted by atomic mass is 10.1. The van der Waals surface area contributed by atoms with E-state index in [9.17, 15) is 4.79 Å². The van der Waals surface area contributed by atoms with Gasteiger partial charge in [-0.1, -0.05) is 19.8 Å². The molecule has 0 aromatic carbocycles. The SMILES string of the molecule is CCCCC(C#N)NC(=O)OC(C)(C)C. The first-order valence-electron chi connectivity index (χ1n) is 5.28. The maximum absolute atomic E-state index is 11.3. The highest BCUT2D eigenvalue weighted by Crippen LogP contribution is 2.07. The van der Waals surface area contributed by atoms with Gasteiger partial charge in [0.1, 0.15) is 11.6 Å². The number of carbonyl (C=O) groups is 1. The van der Waals surface area contributed by atoms with E-state index in [1.807, 2.05) is 13.0 Å². The van der Waals surface area contributed by atoms with Crippen LogP contribution in [0.3, 0.4) is 0 Å². The molecule has 0 saturated heterocycles. The fourth-order valence-corrected chi connectivity index (χ4v) is 1.03. The van der Waals surface area contributed by atoms with E-state index in [4.69, 9.17) is 10.00 Å². The highest BCUT2D eigenvalue weighted by molar-refractivity contribution is 5.68. The van der Waals surface area contributed by atoms with E-state index in [2.05, 4.69) is 5.32 Å². The van der Waals surface area contributed by atoms with Crippen LogP contribution < -0.4 is 5.32 Å². The van der Waals surface area contributed by atoms with Gasteiger partial charge in [-0.25, -0.2) is 4.79 Å². The molecule has 4 nitrogen and oxygen atoms in total. The van der Waals surface area contributed by atoms with Crippen molar-refractivity contribution < 1.29 is 9.53 Å². The van der Waals surface area contributed by atoms with Gasteiger partial charge < -0.3 is 10.1 Å². The van der Waals surface area contributed by atoms with Crippen LogP contribution in [0.4, 0.5) is 4.79 Å². The molecule has 1 unspecified atom stereocenters. The standard InChI is InChI=1S/C11H20N2O2/c1-5-6-7-9(8-12)13-10(14)15-11(2,3)4/h9H,5-7H2,1-4H3,(H,13,14). The number of unbranched alkanes of at least 4 members (excludes halogenated alkanes) is 1. The molecule has 0 aliphatic heterocycles. The van der Waals surface area contributed by atoms with Crippen molar-refractivity contribution in [1.29, 1.82) is 5.26 Å². The molecule has 1 atom stereocenters. The zero-order valence-electron chi connectivity index (χ0n) is 9.96. The lowest BCUT2D eigenvalue weighted by Gasteiger charge is -2.21. The first-order valence-corrected chi connectivity index (χ1v) is 5.28. The van der Waals surface area contributed by atoms with Crippen molar-refractivity contribution in [2.45, 2.75) is 58.6 Å². The number of carbonyl (C=O) groups excluding carboxylic acids is 1. The highest BCUT2D eigenvalue weighted by Gasteiger charge is 2.18. The maximum Gasteiger partial charge on any atom is 0.408 e. The summed E-state index contributed by atoms with van der Waals surface area (Å²) in [6, 6.07) is 1.60. The quantitative estimate of drug-likeness (QED) is 0.779. The molecule has 4 heteroatoms. The Balaban J connectivity index is 3.98. The molecule has 0 rings (SSSR count). The fourth-order valence-electron chi connectivity index (χ4n) is 1.03. The van der Waals surface area contributed by atoms with E-state index < -0.39 is 17.7 Å². The fraction of sp³-hybridized carbons (Fsp3) is 0.818. The van der Waals surface area contributed by atoms with Crippen molar-refractivity contribution in [2.75, 3.05) is 0 Å². The second-order valence-corrected chi connectivity index (χ2v) is 4.47. The minimum Gasteiger partial charge on any atom is -0.444 e. The average Bonchev–Trinajstić information content (AvgIpc) is 2.09. The highest BCUT2D eigenvalue weighted by atomic mass is 16.6. The van der Waals surface area contributed by atoms with Gasteiger partial charge in [-0.05, 0) is 27.2 Å². The van der Waals surface area contributed by atoms with Crippen LogP contribution in [0.1, 0.15) is 47.0 Å². The Morgan fingerprint density at radius 3 is 2.53 bits per heavy atom. The van der Waals surface area contributed by atoms with Gasteiger partial charge in [0.2, 0.25) is 0 Å². The second-order valence-electron chi connectivity index (χ2n) is 4.47. The summed E-state index contributed by atoms with van der Waals surface area (Å²) in [5.74, 6) is 0. The van der Waals surface area contributed by atoms with Crippen LogP contribution in [0.15, 0.2) is 0 Å². The molecule has 0 spiro atoms. The molecule has 0 aromatic heterocycles. The van der Waals surface area contributed by atoms with Crippen molar-refractivity contribution in [3.8, 4) is 6.07 Å². The first-order chi connectivity index (χ1) is 6.89. The minimum atomic E-state index is -0.523. The molecule has 0 saturated carbocycles. The summed E-state index contributed by atoms with van der Waals surface area (Å²) < 4.78 is 5.05. The molecule has 0 radical (unpaired) electrons. The molecule has 15 heavy (non-hydrogen) atoms. The van der Waals surface area contributed by atoms with Gasteiger partial charge >= 0.3 is 6.09 Å². The summed E-state index contributed by atoms with van der Waals surface area (Å²) in [5, 5.41) is 11.3. The Bertz CT molecular complexity index is 238. The summed E-state index contributed by atoms with van der Waals surface area (Å²) >= 11 is 0. The zero-order valence-corrected chi connectivity index (χ0v) is 9.96. The average molecular weight is 212 g/mol. The topological polar surface area (TPSA) is 62.1 Å². The molecule has 0 bridgehead atoms. The summed E-state index contributed by atoms with van der Waals surface area (Å²) in [7, 11) is 0. The van der Waals surface area contributed by atoms with Gasteiger partial charge in [0.05, 0.1) is 6.07 Å². The van der Waals surface area contributed by atoms with E-state index in [-0.39, 0.29) is 0 Å². The molecule has 0 fully saturated rings. The predicted molar refractivity (Wildman–Crippen MR) is 58.3 cm³/mol. The Kier molecular flexibility index (Phi) is 5.76. The van der Waals surface area contributed by atoms with Crippen LogP contribution in [-0.4, -0.2) is 17.7 Å². The third-order valence-electron chi connectivity index (χ3n) is 1.69. The van der Waals surface area contributed by atoms with Crippen molar-refractivity contribution in [1.82, 2.24) is 5.32 Å². The number of nitrogens with one attached hydrogen (secondary N) is 1. The van der Waals surface area contributed by atoms with Crippen LogP contribution in [0.25, 0.3) is 0 Å². The third-order valence-corrected chi connectivity index (χ3v) is 1.69. The number of rotatable bonds is 4. The van der Waals surface area contributed by atoms with Crippen molar-refractivity contribution in [2.24, 2.45) is 0 Å². The lowest BCUT2D eigenvalue weighted by Crippen LogP contribution is -2.38. The number of amides is 1. The Morgan fingerprint density at radius 1 is 1.53 bits per heavy atom. The smallest absolute Gasteiger partial charge is 0.408 e. The Hall–Kier alpha value is -1.24. The van der Waals surface area contributed by atoms with Crippen LogP contribution in [0, 0.1) is 11.3 Å². The lowest BCUT2D eigenvalue weighted by molar-refractivity contribution is 0.0513. The van der Waals surface area contributed by atoms with Gasteiger partial charge in [-0.3, -0.25) is 0 Å². The number of ether oxygens (including phenoxy) is 1. The number of alkyl carbamates (subject to hydrolysis) is 1. The van der Waals surface area contributed by atoms with Crippen LogP contribution in [0.2, 0.25) is 0 Å². The van der Waals surface area contributed by atoms with Gasteiger partial charge in [0.15, 0.2) is 0 Å². The second kappa shape index (κ2) is 6.28. The maximum atomic E-state index is 11.3. The van der Waals surface area contributed by atoms with Crippen molar-refractivity contribution in [3.63, 3.8) is 0 Å². The van der Waals surface area contributed by atoms with E-state index in [1.165, 1.54) is 0 Å². The molecule has 0 heterocycles. The molecular formula is C11H20N2O2. The normalized spacial score (nSPS) is 12.7. The van der Waals surface area contributed by atoms with Gasteiger partial charge in [-0.2, -0.15) is 5.26 Å². The van der Waals surface area contributed by atoms with Gasteiger partial charge in [0.25, 0.3) is 0 Å². The zero-order chi connectivity index (χ0) is 11.9. The monoisotopic (exact) mass is 212 g/mol. The number of nitriles is 1. The molecule has 1 N–H and O–H groups in total. The Morgan fingerprint density at radius 2 is 2.13 bits per heavy atom. The van der Waals surface area contributed by atoms with E-state index >= 15 is 0 Å². The summed E-state index contributed by atoms with van der Waals surface area (Å²) in [6.07, 6.45) is 2.08. The third kappa shape index (κ3) is 7.80. The van der Waals surface area contributed by atoms with Crippen LogP contribution in [-0.2, 0) is 4.74 Å². The number of nitrogens with zero attached hydrogens (tertiary/aromatic N) is 1. The minimum absolute atomic E-state index is 0.445. The number of hydrogen-bond acceptors (Lipinski definition) is 3. The first kappa shape index (κ1) is 13.8. The van der Waals surface area contributed by atoms with Crippen LogP contribution in [0.5, 0.6) is 0 Å². The van der Waals surface area contributed by atoms with E-state index in [1.54, 1.807) is 20.8 Å². The summed E-state index contributed by atoms with van der Waals surface area (Å²) in [6.45, 7) is 7.42. The molecule has 0 aromatic rings. The van der Waals surface area contributed by atoms with Gasteiger partial charge in [-0.15, -0.1) is 0 Å².